The Morgan fingerprint density at radius 2 is 2.06 bits per heavy atom. The summed E-state index contributed by atoms with van der Waals surface area (Å²) in [5.41, 5.74) is 1.46. The molecule has 5 heteroatoms. The molecule has 2 aromatic rings. The molecule has 82 valence electrons. The van der Waals surface area contributed by atoms with Gasteiger partial charge in [-0.3, -0.25) is 4.68 Å². The summed E-state index contributed by atoms with van der Waals surface area (Å²) in [6.07, 6.45) is 1.50. The van der Waals surface area contributed by atoms with Gasteiger partial charge in [0.15, 0.2) is 5.69 Å². The van der Waals surface area contributed by atoms with Crippen LogP contribution in [0.1, 0.15) is 10.5 Å². The van der Waals surface area contributed by atoms with Crippen LogP contribution in [-0.4, -0.2) is 20.9 Å². The van der Waals surface area contributed by atoms with Crippen LogP contribution < -0.4 is 5.32 Å². The number of para-hydroxylation sites is 1. The van der Waals surface area contributed by atoms with Crippen LogP contribution in [-0.2, 0) is 7.05 Å². The zero-order valence-electron chi connectivity index (χ0n) is 8.71. The average molecular weight is 217 g/mol. The molecule has 0 amide bonds. The average Bonchev–Trinajstić information content (AvgIpc) is 2.61. The van der Waals surface area contributed by atoms with Crippen molar-refractivity contribution in [3.05, 3.63) is 42.2 Å². The Kier molecular flexibility index (Phi) is 2.59. The molecule has 0 saturated heterocycles. The first-order valence-corrected chi connectivity index (χ1v) is 4.76. The lowest BCUT2D eigenvalue weighted by Crippen LogP contribution is -2.07. The van der Waals surface area contributed by atoms with Crippen LogP contribution in [0.4, 0.5) is 11.4 Å². The Hall–Kier alpha value is -2.30. The van der Waals surface area contributed by atoms with Gasteiger partial charge in [-0.25, -0.2) is 4.79 Å². The molecule has 16 heavy (non-hydrogen) atoms. The van der Waals surface area contributed by atoms with Gasteiger partial charge < -0.3 is 10.4 Å². The lowest BCUT2D eigenvalue weighted by atomic mass is 10.3. The van der Waals surface area contributed by atoms with E-state index in [2.05, 4.69) is 10.4 Å². The Bertz CT molecular complexity index is 505. The Labute approximate surface area is 92.3 Å². The minimum absolute atomic E-state index is 0.142. The van der Waals surface area contributed by atoms with Crippen LogP contribution in [0, 0.1) is 0 Å². The van der Waals surface area contributed by atoms with Crippen molar-refractivity contribution >= 4 is 17.3 Å². The Morgan fingerprint density at radius 3 is 2.69 bits per heavy atom. The van der Waals surface area contributed by atoms with Crippen molar-refractivity contribution in [3.63, 3.8) is 0 Å². The van der Waals surface area contributed by atoms with Crippen LogP contribution >= 0.6 is 0 Å². The largest absolute Gasteiger partial charge is 0.476 e. The lowest BCUT2D eigenvalue weighted by Gasteiger charge is -2.04. The molecule has 0 fully saturated rings. The number of aromatic carboxylic acids is 1. The normalized spacial score (nSPS) is 10.1. The number of nitrogens with one attached hydrogen (secondary N) is 1. The molecule has 0 bridgehead atoms. The summed E-state index contributed by atoms with van der Waals surface area (Å²) in [5, 5.41) is 15.9. The highest BCUT2D eigenvalue weighted by Gasteiger charge is 2.15. The fourth-order valence-electron chi connectivity index (χ4n) is 1.46. The first-order valence-electron chi connectivity index (χ1n) is 4.76. The van der Waals surface area contributed by atoms with Crippen molar-refractivity contribution in [2.75, 3.05) is 5.32 Å². The molecule has 1 aromatic carbocycles. The summed E-state index contributed by atoms with van der Waals surface area (Å²) < 4.78 is 1.33. The number of carboxylic acid groups (broad SMARTS) is 1. The fourth-order valence-corrected chi connectivity index (χ4v) is 1.46. The van der Waals surface area contributed by atoms with Crippen LogP contribution in [0.15, 0.2) is 36.5 Å². The summed E-state index contributed by atoms with van der Waals surface area (Å²) in [5.74, 6) is -1.00. The fraction of sp³-hybridized carbons (Fsp3) is 0.0909. The minimum atomic E-state index is -1.00. The minimum Gasteiger partial charge on any atom is -0.476 e. The van der Waals surface area contributed by atoms with Gasteiger partial charge in [0, 0.05) is 12.7 Å². The Balaban J connectivity index is 2.32. The third kappa shape index (κ3) is 1.88. The van der Waals surface area contributed by atoms with Crippen molar-refractivity contribution in [1.29, 1.82) is 0 Å². The zero-order chi connectivity index (χ0) is 11.5. The number of nitrogens with zero attached hydrogens (tertiary/aromatic N) is 2. The lowest BCUT2D eigenvalue weighted by molar-refractivity contribution is 0.0686. The van der Waals surface area contributed by atoms with E-state index in [0.29, 0.717) is 5.69 Å². The van der Waals surface area contributed by atoms with Crippen LogP contribution in [0.3, 0.4) is 0 Å². The van der Waals surface area contributed by atoms with E-state index in [4.69, 9.17) is 5.11 Å². The van der Waals surface area contributed by atoms with Crippen LogP contribution in [0.25, 0.3) is 0 Å². The molecule has 0 aliphatic rings. The van der Waals surface area contributed by atoms with E-state index < -0.39 is 5.97 Å². The van der Waals surface area contributed by atoms with Crippen molar-refractivity contribution in [2.45, 2.75) is 0 Å². The molecular weight excluding hydrogens is 206 g/mol. The van der Waals surface area contributed by atoms with E-state index in [1.165, 1.54) is 10.9 Å². The smallest absolute Gasteiger partial charge is 0.356 e. The second kappa shape index (κ2) is 4.06. The topological polar surface area (TPSA) is 67.2 Å². The number of anilines is 2. The van der Waals surface area contributed by atoms with E-state index in [1.54, 1.807) is 7.05 Å². The van der Waals surface area contributed by atoms with Gasteiger partial charge in [0.25, 0.3) is 0 Å². The van der Waals surface area contributed by atoms with Crippen molar-refractivity contribution in [2.24, 2.45) is 7.05 Å². The van der Waals surface area contributed by atoms with Gasteiger partial charge in [-0.15, -0.1) is 0 Å². The zero-order valence-corrected chi connectivity index (χ0v) is 8.71. The maximum absolute atomic E-state index is 11.0. The van der Waals surface area contributed by atoms with E-state index in [9.17, 15) is 4.79 Å². The summed E-state index contributed by atoms with van der Waals surface area (Å²) in [4.78, 5) is 11.0. The van der Waals surface area contributed by atoms with Crippen molar-refractivity contribution in [1.82, 2.24) is 9.78 Å². The number of aromatic nitrogens is 2. The van der Waals surface area contributed by atoms with Gasteiger partial charge in [-0.1, -0.05) is 18.2 Å². The molecular formula is C11H11N3O2. The third-order valence-corrected chi connectivity index (χ3v) is 2.19. The number of benzene rings is 1. The van der Waals surface area contributed by atoms with Gasteiger partial charge in [0.05, 0.1) is 11.9 Å². The monoisotopic (exact) mass is 217 g/mol. The summed E-state index contributed by atoms with van der Waals surface area (Å²) in [6.45, 7) is 0. The third-order valence-electron chi connectivity index (χ3n) is 2.19. The number of rotatable bonds is 3. The standard InChI is InChI=1S/C11H11N3O2/c1-14-10(11(15)16)9(7-12-14)13-8-5-3-2-4-6-8/h2-7,13H,1H3,(H,15,16). The van der Waals surface area contributed by atoms with Crippen molar-refractivity contribution in [3.8, 4) is 0 Å². The highest BCUT2D eigenvalue weighted by Crippen LogP contribution is 2.19. The van der Waals surface area contributed by atoms with Gasteiger partial charge in [-0.2, -0.15) is 5.10 Å². The highest BCUT2D eigenvalue weighted by molar-refractivity contribution is 5.93. The maximum Gasteiger partial charge on any atom is 0.356 e. The molecule has 1 aromatic heterocycles. The van der Waals surface area contributed by atoms with Gasteiger partial charge in [0.1, 0.15) is 0 Å². The Morgan fingerprint density at radius 1 is 1.38 bits per heavy atom. The summed E-state index contributed by atoms with van der Waals surface area (Å²) >= 11 is 0. The predicted octanol–water partition coefficient (Wildman–Crippen LogP) is 1.86. The van der Waals surface area contributed by atoms with Crippen molar-refractivity contribution < 1.29 is 9.90 Å². The molecule has 0 atom stereocenters. The van der Waals surface area contributed by atoms with Gasteiger partial charge >= 0.3 is 5.97 Å². The molecule has 2 N–H and O–H groups in total. The van der Waals surface area contributed by atoms with Gasteiger partial charge in [0.2, 0.25) is 0 Å². The second-order valence-electron chi connectivity index (χ2n) is 3.33. The summed E-state index contributed by atoms with van der Waals surface area (Å²) in [7, 11) is 1.60. The molecule has 2 rings (SSSR count). The summed E-state index contributed by atoms with van der Waals surface area (Å²) in [6, 6.07) is 9.36. The van der Waals surface area contributed by atoms with E-state index in [1.807, 2.05) is 30.3 Å². The SMILES string of the molecule is Cn1ncc(Nc2ccccc2)c1C(=O)O. The molecule has 5 nitrogen and oxygen atoms in total. The van der Waals surface area contributed by atoms with Crippen LogP contribution in [0.2, 0.25) is 0 Å². The number of hydrogen-bond donors (Lipinski definition) is 2. The molecule has 0 unspecified atom stereocenters. The first kappa shape index (κ1) is 10.2. The van der Waals surface area contributed by atoms with Gasteiger partial charge in [-0.05, 0) is 12.1 Å². The molecule has 0 spiro atoms. The van der Waals surface area contributed by atoms with Crippen LogP contribution in [0.5, 0.6) is 0 Å². The quantitative estimate of drug-likeness (QED) is 0.823. The second-order valence-corrected chi connectivity index (χ2v) is 3.33. The van der Waals surface area contributed by atoms with E-state index >= 15 is 0 Å². The van der Waals surface area contributed by atoms with E-state index in [-0.39, 0.29) is 5.69 Å². The first-order chi connectivity index (χ1) is 7.68. The maximum atomic E-state index is 11.0. The number of carboxylic acids is 1. The molecule has 0 radical (unpaired) electrons. The van der Waals surface area contributed by atoms with E-state index in [0.717, 1.165) is 5.69 Å². The predicted molar refractivity (Wildman–Crippen MR) is 59.9 cm³/mol. The molecule has 0 aliphatic heterocycles. The molecule has 0 aliphatic carbocycles. The molecule has 0 saturated carbocycles. The number of aryl methyl sites for hydroxylation is 1. The number of carbonyl (C=O) groups is 1. The highest BCUT2D eigenvalue weighted by atomic mass is 16.4. The molecule has 1 heterocycles. The number of hydrogen-bond acceptors (Lipinski definition) is 3.